The van der Waals surface area contributed by atoms with Crippen LogP contribution in [0.25, 0.3) is 0 Å². The Balaban J connectivity index is 2.43. The van der Waals surface area contributed by atoms with Crippen molar-refractivity contribution < 1.29 is 29.6 Å². The van der Waals surface area contributed by atoms with Crippen LogP contribution in [0.4, 0.5) is 0 Å². The number of methoxy groups -OCH3 is 2. The van der Waals surface area contributed by atoms with Gasteiger partial charge >= 0.3 is 0 Å². The van der Waals surface area contributed by atoms with E-state index in [1.54, 1.807) is 6.08 Å². The van der Waals surface area contributed by atoms with Crippen molar-refractivity contribution in [3.63, 3.8) is 0 Å². The van der Waals surface area contributed by atoms with Crippen molar-refractivity contribution in [1.82, 2.24) is 0 Å². The van der Waals surface area contributed by atoms with E-state index in [9.17, 15) is 20.1 Å². The third-order valence-corrected chi connectivity index (χ3v) is 4.75. The van der Waals surface area contributed by atoms with Crippen LogP contribution in [-0.4, -0.2) is 42.4 Å². The second-order valence-corrected chi connectivity index (χ2v) is 6.74. The van der Waals surface area contributed by atoms with Crippen LogP contribution in [0.3, 0.4) is 0 Å². The zero-order valence-corrected chi connectivity index (χ0v) is 15.4. The van der Waals surface area contributed by atoms with Crippen molar-refractivity contribution in [2.45, 2.75) is 33.0 Å². The summed E-state index contributed by atoms with van der Waals surface area (Å²) in [6.07, 6.45) is 3.58. The zero-order valence-electron chi connectivity index (χ0n) is 15.4. The predicted molar refractivity (Wildman–Crippen MR) is 96.5 cm³/mol. The number of allylic oxidation sites excluding steroid dienone is 3. The van der Waals surface area contributed by atoms with Crippen LogP contribution in [-0.2, 0) is 29.2 Å². The summed E-state index contributed by atoms with van der Waals surface area (Å²) in [5.74, 6) is 0.965. The number of carbonyl (C=O) groups is 1. The molecule has 3 N–H and O–H groups in total. The van der Waals surface area contributed by atoms with E-state index in [0.29, 0.717) is 41.1 Å². The number of ether oxygens (including phenoxy) is 2. The van der Waals surface area contributed by atoms with E-state index in [2.05, 4.69) is 0 Å². The van der Waals surface area contributed by atoms with Crippen LogP contribution in [0.15, 0.2) is 35.1 Å². The number of hydrogen-bond acceptors (Lipinski definition) is 6. The second-order valence-electron chi connectivity index (χ2n) is 6.74. The summed E-state index contributed by atoms with van der Waals surface area (Å²) >= 11 is 0. The van der Waals surface area contributed by atoms with Gasteiger partial charge in [-0.15, -0.1) is 0 Å². The fourth-order valence-electron chi connectivity index (χ4n) is 3.65. The minimum Gasteiger partial charge on any atom is -0.500 e. The molecule has 1 aromatic rings. The molecule has 142 valence electrons. The quantitative estimate of drug-likeness (QED) is 0.609. The number of aliphatic hydroxyl groups is 3. The Kier molecular flexibility index (Phi) is 6.58. The highest BCUT2D eigenvalue weighted by atomic mass is 16.5. The molecule has 0 aliphatic heterocycles. The summed E-state index contributed by atoms with van der Waals surface area (Å²) in [7, 11) is 2.99. The van der Waals surface area contributed by atoms with Gasteiger partial charge in [0.15, 0.2) is 6.29 Å². The Morgan fingerprint density at radius 3 is 2.15 bits per heavy atom. The second kappa shape index (κ2) is 8.49. The number of rotatable bonds is 8. The molecular formula is C20H26O6. The minimum absolute atomic E-state index is 0.142. The number of carbonyl (C=O) groups excluding carboxylic acids is 1. The molecule has 1 atom stereocenters. The molecule has 0 bridgehead atoms. The third-order valence-electron chi connectivity index (χ3n) is 4.75. The molecule has 0 radical (unpaired) electrons. The summed E-state index contributed by atoms with van der Waals surface area (Å²) in [5, 5.41) is 29.0. The minimum atomic E-state index is -0.666. The smallest absolute Gasteiger partial charge is 0.153 e. The maximum Gasteiger partial charge on any atom is 0.153 e. The molecule has 26 heavy (non-hydrogen) atoms. The maximum absolute atomic E-state index is 11.5. The number of hydrogen-bond donors (Lipinski definition) is 3. The lowest BCUT2D eigenvalue weighted by Gasteiger charge is -2.34. The molecule has 0 fully saturated rings. The van der Waals surface area contributed by atoms with Crippen molar-refractivity contribution in [1.29, 1.82) is 0 Å². The molecule has 1 unspecified atom stereocenters. The molecule has 0 aromatic heterocycles. The van der Waals surface area contributed by atoms with E-state index in [4.69, 9.17) is 9.47 Å². The first-order chi connectivity index (χ1) is 12.5. The van der Waals surface area contributed by atoms with Gasteiger partial charge in [-0.05, 0) is 43.5 Å². The van der Waals surface area contributed by atoms with E-state index in [1.165, 1.54) is 14.2 Å². The Bertz CT molecular complexity index is 709. The molecule has 1 aromatic carbocycles. The van der Waals surface area contributed by atoms with E-state index >= 15 is 0 Å². The van der Waals surface area contributed by atoms with Gasteiger partial charge < -0.3 is 24.8 Å². The summed E-state index contributed by atoms with van der Waals surface area (Å²) < 4.78 is 10.6. The Labute approximate surface area is 153 Å². The van der Waals surface area contributed by atoms with Crippen LogP contribution >= 0.6 is 0 Å². The van der Waals surface area contributed by atoms with Crippen LogP contribution in [0.1, 0.15) is 30.0 Å². The molecule has 6 heteroatoms. The van der Waals surface area contributed by atoms with E-state index in [0.717, 1.165) is 17.4 Å². The van der Waals surface area contributed by atoms with Crippen molar-refractivity contribution in [2.24, 2.45) is 5.41 Å². The molecule has 0 amide bonds. The van der Waals surface area contributed by atoms with Gasteiger partial charge in [0, 0.05) is 11.1 Å². The first-order valence-corrected chi connectivity index (χ1v) is 8.40. The van der Waals surface area contributed by atoms with Crippen molar-refractivity contribution in [2.75, 3.05) is 20.8 Å². The van der Waals surface area contributed by atoms with E-state index in [-0.39, 0.29) is 19.8 Å². The molecule has 1 aliphatic carbocycles. The van der Waals surface area contributed by atoms with Crippen LogP contribution in [0.2, 0.25) is 0 Å². The SMILES string of the molecule is COC1=C(C=O)C=C(Cc2cc(CO)c(OC)c(CO)c2)CC1(C)CO. The van der Waals surface area contributed by atoms with Crippen molar-refractivity contribution in [3.8, 4) is 5.75 Å². The standard InChI is InChI=1S/C20H26O6/c1-20(12-24)8-14(7-17(11-23)19(20)26-3)4-13-5-15(9-21)18(25-2)16(6-13)10-22/h5-7,11,21-22,24H,4,8-10,12H2,1-3H3. The van der Waals surface area contributed by atoms with Gasteiger partial charge in [-0.25, -0.2) is 0 Å². The average Bonchev–Trinajstić information content (AvgIpc) is 2.66. The molecule has 1 aliphatic rings. The van der Waals surface area contributed by atoms with Crippen LogP contribution in [0.5, 0.6) is 5.75 Å². The first-order valence-electron chi connectivity index (χ1n) is 8.40. The Morgan fingerprint density at radius 1 is 1.12 bits per heavy atom. The maximum atomic E-state index is 11.5. The molecule has 0 heterocycles. The normalized spacial score (nSPS) is 20.0. The lowest BCUT2D eigenvalue weighted by Crippen LogP contribution is -2.30. The van der Waals surface area contributed by atoms with Crippen molar-refractivity contribution in [3.05, 3.63) is 51.8 Å². The lowest BCUT2D eigenvalue weighted by atomic mass is 9.75. The van der Waals surface area contributed by atoms with E-state index < -0.39 is 5.41 Å². The monoisotopic (exact) mass is 362 g/mol. The molecule has 2 rings (SSSR count). The van der Waals surface area contributed by atoms with Gasteiger partial charge in [0.05, 0.1) is 45.0 Å². The summed E-state index contributed by atoms with van der Waals surface area (Å²) in [6.45, 7) is 1.31. The molecule has 6 nitrogen and oxygen atoms in total. The Morgan fingerprint density at radius 2 is 1.73 bits per heavy atom. The highest BCUT2D eigenvalue weighted by Gasteiger charge is 2.36. The summed E-state index contributed by atoms with van der Waals surface area (Å²) in [6, 6.07) is 3.65. The highest BCUT2D eigenvalue weighted by molar-refractivity contribution is 5.80. The summed E-state index contributed by atoms with van der Waals surface area (Å²) in [5.41, 5.74) is 2.79. The first kappa shape index (κ1) is 20.2. The molecule has 0 saturated carbocycles. The molecule has 0 saturated heterocycles. The fourth-order valence-corrected chi connectivity index (χ4v) is 3.65. The molecular weight excluding hydrogens is 336 g/mol. The largest absolute Gasteiger partial charge is 0.500 e. The van der Waals surface area contributed by atoms with Crippen LogP contribution < -0.4 is 4.74 Å². The van der Waals surface area contributed by atoms with Gasteiger partial charge in [-0.2, -0.15) is 0 Å². The zero-order chi connectivity index (χ0) is 19.3. The molecule has 0 spiro atoms. The number of aliphatic hydroxyl groups excluding tert-OH is 3. The van der Waals surface area contributed by atoms with E-state index in [1.807, 2.05) is 19.1 Å². The van der Waals surface area contributed by atoms with Gasteiger partial charge in [0.25, 0.3) is 0 Å². The van der Waals surface area contributed by atoms with Gasteiger partial charge in [0.2, 0.25) is 0 Å². The fraction of sp³-hybridized carbons (Fsp3) is 0.450. The predicted octanol–water partition coefficient (Wildman–Crippen LogP) is 1.65. The third kappa shape index (κ3) is 3.82. The Hall–Kier alpha value is -2.15. The number of aldehydes is 1. The van der Waals surface area contributed by atoms with Crippen molar-refractivity contribution >= 4 is 6.29 Å². The number of benzene rings is 1. The average molecular weight is 362 g/mol. The van der Waals surface area contributed by atoms with Gasteiger partial charge in [-0.1, -0.05) is 5.57 Å². The lowest BCUT2D eigenvalue weighted by molar-refractivity contribution is -0.105. The van der Waals surface area contributed by atoms with Crippen LogP contribution in [0, 0.1) is 5.41 Å². The summed E-state index contributed by atoms with van der Waals surface area (Å²) in [4.78, 5) is 11.5. The van der Waals surface area contributed by atoms with Gasteiger partial charge in [0.1, 0.15) is 11.5 Å². The van der Waals surface area contributed by atoms with Gasteiger partial charge in [-0.3, -0.25) is 4.79 Å². The highest BCUT2D eigenvalue weighted by Crippen LogP contribution is 2.41. The topological polar surface area (TPSA) is 96.2 Å².